The molecule has 1 fully saturated rings. The van der Waals surface area contributed by atoms with Crippen LogP contribution in [0.15, 0.2) is 55.2 Å². The second-order valence-electron chi connectivity index (χ2n) is 9.66. The number of ketones is 1. The van der Waals surface area contributed by atoms with Crippen LogP contribution in [0.2, 0.25) is 0 Å². The summed E-state index contributed by atoms with van der Waals surface area (Å²) in [6.07, 6.45) is 7.80. The maximum atomic E-state index is 12.9. The molecule has 1 amide bonds. The van der Waals surface area contributed by atoms with E-state index in [1.165, 1.54) is 17.8 Å². The third kappa shape index (κ3) is 4.29. The van der Waals surface area contributed by atoms with Gasteiger partial charge in [0.25, 0.3) is 5.91 Å². The number of fused-ring (bicyclic) bond motifs is 1. The Balaban J connectivity index is 1.36. The molecule has 196 valence electrons. The maximum Gasteiger partial charge on any atom is 0.291 e. The smallest absolute Gasteiger partial charge is 0.291 e. The highest BCUT2D eigenvalue weighted by atomic mass is 16.2. The van der Waals surface area contributed by atoms with Crippen LogP contribution in [-0.4, -0.2) is 68.9 Å². The first-order valence-electron chi connectivity index (χ1n) is 12.6. The van der Waals surface area contributed by atoms with Crippen LogP contribution in [0.4, 0.5) is 5.82 Å². The number of carbonyl (C=O) groups is 2. The summed E-state index contributed by atoms with van der Waals surface area (Å²) in [5.74, 6) is 0.00754. The molecule has 1 aliphatic rings. The fourth-order valence-electron chi connectivity index (χ4n) is 5.28. The van der Waals surface area contributed by atoms with Crippen LogP contribution in [0.25, 0.3) is 28.2 Å². The van der Waals surface area contributed by atoms with Crippen LogP contribution in [0.3, 0.4) is 0 Å². The minimum Gasteiger partial charge on any atom is -0.383 e. The van der Waals surface area contributed by atoms with Gasteiger partial charge in [-0.15, -0.1) is 10.2 Å². The summed E-state index contributed by atoms with van der Waals surface area (Å²) in [6, 6.07) is 9.42. The van der Waals surface area contributed by atoms with Gasteiger partial charge in [0.05, 0.1) is 28.8 Å². The minimum absolute atomic E-state index is 0.0719. The second-order valence-corrected chi connectivity index (χ2v) is 9.66. The minimum atomic E-state index is -0.201. The Morgan fingerprint density at radius 3 is 2.62 bits per heavy atom. The summed E-state index contributed by atoms with van der Waals surface area (Å²) in [5.41, 5.74) is 11.2. The summed E-state index contributed by atoms with van der Waals surface area (Å²) in [5, 5.41) is 12.0. The quantitative estimate of drug-likeness (QED) is 0.330. The van der Waals surface area contributed by atoms with Crippen LogP contribution >= 0.6 is 0 Å². The molecule has 0 spiro atoms. The van der Waals surface area contributed by atoms with E-state index < -0.39 is 0 Å². The van der Waals surface area contributed by atoms with Crippen molar-refractivity contribution >= 4 is 23.2 Å². The fourth-order valence-corrected chi connectivity index (χ4v) is 5.28. The number of carbonyl (C=O) groups excluding carboxylic acids is 2. The molecule has 6 rings (SSSR count). The van der Waals surface area contributed by atoms with E-state index in [0.717, 1.165) is 22.5 Å². The molecule has 39 heavy (non-hydrogen) atoms. The number of piperidine rings is 1. The molecule has 3 N–H and O–H groups in total. The number of aromatic nitrogens is 8. The van der Waals surface area contributed by atoms with Gasteiger partial charge in [-0.3, -0.25) is 19.6 Å². The molecule has 2 atom stereocenters. The van der Waals surface area contributed by atoms with Gasteiger partial charge in [-0.05, 0) is 44.9 Å². The molecule has 0 aliphatic carbocycles. The lowest BCUT2D eigenvalue weighted by Crippen LogP contribution is -2.44. The van der Waals surface area contributed by atoms with E-state index in [0.29, 0.717) is 36.3 Å². The van der Waals surface area contributed by atoms with Gasteiger partial charge in [-0.2, -0.15) is 9.61 Å². The topological polar surface area (TPSA) is 161 Å². The van der Waals surface area contributed by atoms with Gasteiger partial charge in [0.1, 0.15) is 12.1 Å². The molecular weight excluding hydrogens is 496 g/mol. The molecule has 12 heteroatoms. The summed E-state index contributed by atoms with van der Waals surface area (Å²) in [7, 11) is 0. The number of Topliss-reactive ketones (excluding diaryl/α,β-unsaturated/α-hetero) is 1. The van der Waals surface area contributed by atoms with E-state index in [2.05, 4.69) is 30.2 Å². The Labute approximate surface area is 223 Å². The zero-order valence-electron chi connectivity index (χ0n) is 21.4. The van der Waals surface area contributed by atoms with Crippen molar-refractivity contribution in [2.75, 3.05) is 12.3 Å². The molecule has 0 saturated carbocycles. The Hall–Kier alpha value is -5.00. The Morgan fingerprint density at radius 1 is 1.10 bits per heavy atom. The number of pyridine rings is 2. The molecule has 6 heterocycles. The number of nitrogens with zero attached hydrogens (tertiary/aromatic N) is 8. The first-order chi connectivity index (χ1) is 18.9. The molecule has 12 nitrogen and oxygen atoms in total. The number of anilines is 1. The van der Waals surface area contributed by atoms with Crippen LogP contribution < -0.4 is 5.73 Å². The predicted molar refractivity (Wildman–Crippen MR) is 143 cm³/mol. The largest absolute Gasteiger partial charge is 0.383 e. The monoisotopic (exact) mass is 522 g/mol. The molecule has 0 aromatic carbocycles. The number of nitrogens with one attached hydrogen (secondary N) is 1. The lowest BCUT2D eigenvalue weighted by molar-refractivity contribution is 0.0601. The van der Waals surface area contributed by atoms with Crippen molar-refractivity contribution in [3.05, 3.63) is 72.3 Å². The number of amides is 1. The first kappa shape index (κ1) is 24.3. The zero-order valence-corrected chi connectivity index (χ0v) is 21.4. The molecule has 1 aliphatic heterocycles. The average molecular weight is 523 g/mol. The molecule has 5 aromatic rings. The number of H-pyrrole nitrogens is 1. The number of likely N-dealkylation sites (tertiary alicyclic amines) is 1. The third-order valence-electron chi connectivity index (χ3n) is 7.21. The highest BCUT2D eigenvalue weighted by molar-refractivity contribution is 6.00. The highest BCUT2D eigenvalue weighted by Gasteiger charge is 2.34. The van der Waals surface area contributed by atoms with Crippen LogP contribution in [-0.2, 0) is 0 Å². The number of nitrogen functional groups attached to an aromatic ring is 1. The summed E-state index contributed by atoms with van der Waals surface area (Å²) in [6.45, 7) is 3.95. The van der Waals surface area contributed by atoms with Crippen LogP contribution in [0.5, 0.6) is 0 Å². The zero-order chi connectivity index (χ0) is 27.1. The van der Waals surface area contributed by atoms with Gasteiger partial charge in [0.15, 0.2) is 11.4 Å². The van der Waals surface area contributed by atoms with Crippen molar-refractivity contribution in [1.82, 2.24) is 44.6 Å². The summed E-state index contributed by atoms with van der Waals surface area (Å²) >= 11 is 0. The van der Waals surface area contributed by atoms with Crippen molar-refractivity contribution in [1.29, 1.82) is 0 Å². The molecule has 0 unspecified atom stereocenters. The number of rotatable bonds is 5. The molecule has 0 bridgehead atoms. The van der Waals surface area contributed by atoms with Gasteiger partial charge in [0, 0.05) is 42.0 Å². The lowest BCUT2D eigenvalue weighted by atomic mass is 9.86. The highest BCUT2D eigenvalue weighted by Crippen LogP contribution is 2.36. The summed E-state index contributed by atoms with van der Waals surface area (Å²) in [4.78, 5) is 44.1. The van der Waals surface area contributed by atoms with Gasteiger partial charge in [-0.25, -0.2) is 4.98 Å². The first-order valence-corrected chi connectivity index (χ1v) is 12.6. The van der Waals surface area contributed by atoms with Crippen molar-refractivity contribution in [3.63, 3.8) is 0 Å². The SMILES string of the molecule is CC(=O)c1c([C@@H]2CCN(C(=O)c3nnc[nH]3)[C@@H](C)C2)nc2c(-c3ccc(-c4ccccn4)nc3)cnn2c1N. The van der Waals surface area contributed by atoms with Crippen LogP contribution in [0, 0.1) is 0 Å². The predicted octanol–water partition coefficient (Wildman–Crippen LogP) is 3.16. The third-order valence-corrected chi connectivity index (χ3v) is 7.21. The fraction of sp³-hybridized carbons (Fsp3) is 0.259. The average Bonchev–Trinajstić information content (AvgIpc) is 3.64. The van der Waals surface area contributed by atoms with Gasteiger partial charge < -0.3 is 15.6 Å². The molecule has 1 saturated heterocycles. The van der Waals surface area contributed by atoms with Crippen molar-refractivity contribution in [2.45, 2.75) is 38.6 Å². The maximum absolute atomic E-state index is 12.9. The van der Waals surface area contributed by atoms with Gasteiger partial charge in [-0.1, -0.05) is 12.1 Å². The van der Waals surface area contributed by atoms with E-state index in [1.54, 1.807) is 23.5 Å². The van der Waals surface area contributed by atoms with Gasteiger partial charge >= 0.3 is 0 Å². The Kier molecular flexibility index (Phi) is 6.06. The van der Waals surface area contributed by atoms with E-state index in [-0.39, 0.29) is 35.3 Å². The van der Waals surface area contributed by atoms with E-state index in [4.69, 9.17) is 10.7 Å². The van der Waals surface area contributed by atoms with E-state index >= 15 is 0 Å². The molecule has 0 radical (unpaired) electrons. The number of hydrogen-bond acceptors (Lipinski definition) is 9. The Morgan fingerprint density at radius 2 is 1.95 bits per heavy atom. The normalized spacial score (nSPS) is 17.4. The molecular formula is C27H26N10O2. The summed E-state index contributed by atoms with van der Waals surface area (Å²) < 4.78 is 1.51. The number of aromatic amines is 1. The Bertz CT molecular complexity index is 1660. The van der Waals surface area contributed by atoms with Crippen molar-refractivity contribution in [2.24, 2.45) is 0 Å². The van der Waals surface area contributed by atoms with Crippen molar-refractivity contribution < 1.29 is 9.59 Å². The standard InChI is InChI=1S/C27H26N10O2/c1-15-11-17(8-10-36(15)27(39)25-31-14-32-35-25)23-22(16(2)38)24(28)37-26(34-23)19(13-33-37)18-6-7-21(30-12-18)20-5-3-4-9-29-20/h3-7,9,12-15,17H,8,10-11,28H2,1-2H3,(H,31,32,35)/t15-,17+/m0/s1. The lowest BCUT2D eigenvalue weighted by Gasteiger charge is -2.37. The number of nitrogens with two attached hydrogens (primary N) is 1. The van der Waals surface area contributed by atoms with E-state index in [9.17, 15) is 9.59 Å². The van der Waals surface area contributed by atoms with E-state index in [1.807, 2.05) is 37.3 Å². The van der Waals surface area contributed by atoms with Gasteiger partial charge in [0.2, 0.25) is 5.82 Å². The van der Waals surface area contributed by atoms with Crippen LogP contribution in [0.1, 0.15) is 59.3 Å². The molecule has 5 aromatic heterocycles. The van der Waals surface area contributed by atoms with Crippen molar-refractivity contribution in [3.8, 4) is 22.5 Å². The number of hydrogen-bond donors (Lipinski definition) is 2. The second kappa shape index (κ2) is 9.71.